The Kier molecular flexibility index (Phi) is 6.54. The third-order valence-corrected chi connectivity index (χ3v) is 5.95. The predicted octanol–water partition coefficient (Wildman–Crippen LogP) is 7.03. The van der Waals surface area contributed by atoms with Crippen molar-refractivity contribution in [2.75, 3.05) is 0 Å². The lowest BCUT2D eigenvalue weighted by molar-refractivity contribution is 0.530. The van der Waals surface area contributed by atoms with Gasteiger partial charge in [0.2, 0.25) is 0 Å². The van der Waals surface area contributed by atoms with E-state index in [1.807, 2.05) is 49.4 Å². The molecule has 1 unspecified atom stereocenters. The molecule has 3 aromatic rings. The lowest BCUT2D eigenvalue weighted by Crippen LogP contribution is -2.19. The summed E-state index contributed by atoms with van der Waals surface area (Å²) in [5.74, 6) is 2.39. The molecule has 28 heavy (non-hydrogen) atoms. The molecule has 0 saturated carbocycles. The van der Waals surface area contributed by atoms with Gasteiger partial charge >= 0.3 is 0 Å². The molecular weight excluding hydrogens is 370 g/mol. The molecule has 0 N–H and O–H groups in total. The molecule has 0 spiro atoms. The number of aryl methyl sites for hydroxylation is 1. The molecule has 0 aliphatic heterocycles. The zero-order valence-electron chi connectivity index (χ0n) is 15.8. The molecule has 142 valence electrons. The molecule has 0 bridgehead atoms. The van der Waals surface area contributed by atoms with Crippen LogP contribution in [0.5, 0.6) is 0 Å². The van der Waals surface area contributed by atoms with Gasteiger partial charge in [-0.2, -0.15) is 0 Å². The van der Waals surface area contributed by atoms with E-state index in [0.29, 0.717) is 4.90 Å². The molecule has 3 aromatic carbocycles. The Morgan fingerprint density at radius 2 is 1.68 bits per heavy atom. The molecule has 3 rings (SSSR count). The smallest absolute Gasteiger partial charge is 0.137 e. The van der Waals surface area contributed by atoms with Crippen LogP contribution in [0.25, 0.3) is 0 Å². The minimum atomic E-state index is -0.449. The van der Waals surface area contributed by atoms with E-state index in [1.165, 1.54) is 30.0 Å². The predicted molar refractivity (Wildman–Crippen MR) is 112 cm³/mol. The second-order valence-corrected chi connectivity index (χ2v) is 8.13. The third-order valence-electron chi connectivity index (χ3n) is 4.91. The highest BCUT2D eigenvalue weighted by Crippen LogP contribution is 2.32. The largest absolute Gasteiger partial charge is 0.207 e. The molecule has 0 aliphatic carbocycles. The summed E-state index contributed by atoms with van der Waals surface area (Å²) >= 11 is 1.43. The number of hydrogen-bond donors (Lipinski definition) is 0. The van der Waals surface area contributed by atoms with Crippen molar-refractivity contribution in [1.82, 2.24) is 0 Å². The number of terminal acetylenes is 1. The summed E-state index contributed by atoms with van der Waals surface area (Å²) in [6, 6.07) is 21.4. The van der Waals surface area contributed by atoms with Crippen molar-refractivity contribution in [3.8, 4) is 12.3 Å². The van der Waals surface area contributed by atoms with Gasteiger partial charge in [0.25, 0.3) is 0 Å². The quantitative estimate of drug-likeness (QED) is 0.389. The zero-order valence-corrected chi connectivity index (χ0v) is 16.6. The van der Waals surface area contributed by atoms with Gasteiger partial charge in [0.05, 0.1) is 5.41 Å². The van der Waals surface area contributed by atoms with Crippen LogP contribution in [0.15, 0.2) is 82.6 Å². The van der Waals surface area contributed by atoms with Gasteiger partial charge in [0.15, 0.2) is 0 Å². The Morgan fingerprint density at radius 1 is 0.964 bits per heavy atom. The van der Waals surface area contributed by atoms with Gasteiger partial charge in [-0.1, -0.05) is 54.1 Å². The fourth-order valence-corrected chi connectivity index (χ4v) is 4.08. The summed E-state index contributed by atoms with van der Waals surface area (Å²) in [5, 5.41) is 0. The van der Waals surface area contributed by atoms with Crippen molar-refractivity contribution in [3.05, 3.63) is 95.6 Å². The fraction of sp³-hybridized carbons (Fsp3) is 0.200. The van der Waals surface area contributed by atoms with E-state index in [2.05, 4.69) is 5.92 Å². The first-order valence-corrected chi connectivity index (χ1v) is 10.1. The third kappa shape index (κ3) is 5.03. The van der Waals surface area contributed by atoms with Gasteiger partial charge < -0.3 is 0 Å². The molecular formula is C25H22F2S. The van der Waals surface area contributed by atoms with E-state index < -0.39 is 5.41 Å². The van der Waals surface area contributed by atoms with Crippen molar-refractivity contribution < 1.29 is 8.78 Å². The van der Waals surface area contributed by atoms with E-state index in [9.17, 15) is 8.78 Å². The number of halogens is 2. The highest BCUT2D eigenvalue weighted by Gasteiger charge is 2.23. The topological polar surface area (TPSA) is 0 Å². The molecule has 0 radical (unpaired) electrons. The maximum atomic E-state index is 14.2. The second-order valence-electron chi connectivity index (χ2n) is 7.02. The molecule has 0 nitrogen and oxygen atoms in total. The van der Waals surface area contributed by atoms with Crippen molar-refractivity contribution in [2.24, 2.45) is 0 Å². The summed E-state index contributed by atoms with van der Waals surface area (Å²) in [6.07, 6.45) is 8.23. The van der Waals surface area contributed by atoms with Gasteiger partial charge in [-0.3, -0.25) is 0 Å². The first-order valence-electron chi connectivity index (χ1n) is 9.25. The van der Waals surface area contributed by atoms with Crippen LogP contribution in [0, 0.1) is 24.0 Å². The van der Waals surface area contributed by atoms with Gasteiger partial charge in [-0.25, -0.2) is 8.78 Å². The average Bonchev–Trinajstić information content (AvgIpc) is 2.71. The summed E-state index contributed by atoms with van der Waals surface area (Å²) in [5.41, 5.74) is 1.57. The highest BCUT2D eigenvalue weighted by molar-refractivity contribution is 7.99. The standard InChI is InChI=1S/C25H22F2S/c1-3-25(2,20-12-14-21(26)15-13-20)17-7-8-19-11-16-23(27)24(18-19)28-22-9-5-4-6-10-22/h1,4-6,9-16,18H,7-8,17H2,2H3. The van der Waals surface area contributed by atoms with E-state index in [4.69, 9.17) is 6.42 Å². The van der Waals surface area contributed by atoms with E-state index in [-0.39, 0.29) is 11.6 Å². The van der Waals surface area contributed by atoms with Crippen LogP contribution in [0.2, 0.25) is 0 Å². The Hall–Kier alpha value is -2.57. The first kappa shape index (κ1) is 20.2. The Morgan fingerprint density at radius 3 is 2.36 bits per heavy atom. The summed E-state index contributed by atoms with van der Waals surface area (Å²) < 4.78 is 27.4. The SMILES string of the molecule is C#CC(C)(CCCc1ccc(F)c(Sc2ccccc2)c1)c1ccc(F)cc1. The lowest BCUT2D eigenvalue weighted by Gasteiger charge is -2.24. The van der Waals surface area contributed by atoms with Gasteiger partial charge in [0.1, 0.15) is 11.6 Å². The average molecular weight is 393 g/mol. The summed E-state index contributed by atoms with van der Waals surface area (Å²) in [4.78, 5) is 1.64. The van der Waals surface area contributed by atoms with Crippen LogP contribution < -0.4 is 0 Å². The van der Waals surface area contributed by atoms with Crippen LogP contribution >= 0.6 is 11.8 Å². The fourth-order valence-electron chi connectivity index (χ4n) is 3.16. The second kappa shape index (κ2) is 9.08. The molecule has 1 atom stereocenters. The van der Waals surface area contributed by atoms with Crippen molar-refractivity contribution >= 4 is 11.8 Å². The Labute approximate surface area is 170 Å². The van der Waals surface area contributed by atoms with Gasteiger partial charge in [-0.05, 0) is 73.7 Å². The van der Waals surface area contributed by atoms with Gasteiger partial charge in [0, 0.05) is 9.79 Å². The maximum absolute atomic E-state index is 14.2. The van der Waals surface area contributed by atoms with Crippen LogP contribution in [0.4, 0.5) is 8.78 Å². The normalized spacial score (nSPS) is 12.9. The lowest BCUT2D eigenvalue weighted by atomic mass is 9.78. The van der Waals surface area contributed by atoms with E-state index in [0.717, 1.165) is 35.3 Å². The van der Waals surface area contributed by atoms with Crippen LogP contribution in [-0.4, -0.2) is 0 Å². The monoisotopic (exact) mass is 392 g/mol. The highest BCUT2D eigenvalue weighted by atomic mass is 32.2. The molecule has 0 saturated heterocycles. The molecule has 0 heterocycles. The van der Waals surface area contributed by atoms with E-state index >= 15 is 0 Å². The van der Waals surface area contributed by atoms with Crippen LogP contribution in [0.3, 0.4) is 0 Å². The molecule has 0 fully saturated rings. The molecule has 0 amide bonds. The summed E-state index contributed by atoms with van der Waals surface area (Å²) in [7, 11) is 0. The Bertz CT molecular complexity index is 958. The molecule has 0 aromatic heterocycles. The van der Waals surface area contributed by atoms with Crippen LogP contribution in [0.1, 0.15) is 30.9 Å². The van der Waals surface area contributed by atoms with Crippen molar-refractivity contribution in [2.45, 2.75) is 41.4 Å². The molecule has 0 aliphatic rings. The van der Waals surface area contributed by atoms with E-state index in [1.54, 1.807) is 12.1 Å². The first-order chi connectivity index (χ1) is 13.5. The number of hydrogen-bond acceptors (Lipinski definition) is 1. The maximum Gasteiger partial charge on any atom is 0.137 e. The van der Waals surface area contributed by atoms with Crippen molar-refractivity contribution in [3.63, 3.8) is 0 Å². The van der Waals surface area contributed by atoms with Gasteiger partial charge in [-0.15, -0.1) is 6.42 Å². The summed E-state index contributed by atoms with van der Waals surface area (Å²) in [6.45, 7) is 2.00. The molecule has 3 heteroatoms. The minimum Gasteiger partial charge on any atom is -0.207 e. The minimum absolute atomic E-state index is 0.211. The van der Waals surface area contributed by atoms with Crippen molar-refractivity contribution in [1.29, 1.82) is 0 Å². The zero-order chi connectivity index (χ0) is 20.0. The number of benzene rings is 3. The van der Waals surface area contributed by atoms with Crippen LogP contribution in [-0.2, 0) is 11.8 Å². The number of rotatable bonds is 7. The Balaban J connectivity index is 1.66.